The Morgan fingerprint density at radius 2 is 2.00 bits per heavy atom. The summed E-state index contributed by atoms with van der Waals surface area (Å²) in [5.74, 6) is 2.09. The van der Waals surface area contributed by atoms with Gasteiger partial charge in [-0.1, -0.05) is 0 Å². The summed E-state index contributed by atoms with van der Waals surface area (Å²) >= 11 is 0. The molecule has 0 aliphatic carbocycles. The Morgan fingerprint density at radius 1 is 1.45 bits per heavy atom. The third-order valence-corrected chi connectivity index (χ3v) is 4.26. The Morgan fingerprint density at radius 3 is 2.36 bits per heavy atom. The highest BCUT2D eigenvalue weighted by molar-refractivity contribution is 8.17. The van der Waals surface area contributed by atoms with Crippen LogP contribution in [0.25, 0.3) is 0 Å². The zero-order valence-corrected chi connectivity index (χ0v) is 7.41. The van der Waals surface area contributed by atoms with E-state index in [0.717, 1.165) is 11.5 Å². The molecule has 0 amide bonds. The lowest BCUT2D eigenvalue weighted by atomic mass is 10.3. The van der Waals surface area contributed by atoms with Gasteiger partial charge >= 0.3 is 0 Å². The minimum Gasteiger partial charge on any atom is -0.293 e. The maximum absolute atomic E-state index is 10.9. The van der Waals surface area contributed by atoms with Gasteiger partial charge in [-0.2, -0.15) is 15.7 Å². The fraction of sp³-hybridized carbons (Fsp3) is 0.625. The first-order chi connectivity index (χ1) is 5.25. The SMILES string of the molecule is CC(=O)C(C#N)=S1CCCC1. The fourth-order valence-electron chi connectivity index (χ4n) is 1.21. The predicted molar refractivity (Wildman–Crippen MR) is 47.9 cm³/mol. The fourth-order valence-corrected chi connectivity index (χ4v) is 3.46. The Balaban J connectivity index is 2.90. The summed E-state index contributed by atoms with van der Waals surface area (Å²) in [6, 6.07) is 2.02. The highest BCUT2D eigenvalue weighted by Crippen LogP contribution is 2.26. The molecule has 60 valence electrons. The zero-order valence-electron chi connectivity index (χ0n) is 6.59. The van der Waals surface area contributed by atoms with E-state index in [9.17, 15) is 4.79 Å². The van der Waals surface area contributed by atoms with Crippen molar-refractivity contribution in [2.45, 2.75) is 19.8 Å². The highest BCUT2D eigenvalue weighted by Gasteiger charge is 2.13. The summed E-state index contributed by atoms with van der Waals surface area (Å²) in [4.78, 5) is 11.4. The largest absolute Gasteiger partial charge is 0.293 e. The number of ketones is 1. The lowest BCUT2D eigenvalue weighted by Crippen LogP contribution is -2.07. The highest BCUT2D eigenvalue weighted by atomic mass is 32.2. The minimum atomic E-state index is -0.0299. The van der Waals surface area contributed by atoms with Gasteiger partial charge in [-0.05, 0) is 24.3 Å². The van der Waals surface area contributed by atoms with Crippen molar-refractivity contribution in [3.63, 3.8) is 0 Å². The second-order valence-electron chi connectivity index (χ2n) is 2.61. The van der Waals surface area contributed by atoms with Crippen LogP contribution in [0.15, 0.2) is 0 Å². The van der Waals surface area contributed by atoms with Crippen LogP contribution in [0.2, 0.25) is 0 Å². The number of carbonyl (C=O) groups excluding carboxylic acids is 1. The monoisotopic (exact) mass is 169 g/mol. The standard InChI is InChI=1S/C8H11NOS/c1-7(10)8(6-9)11-4-2-3-5-11/h2-5H2,1H3. The van der Waals surface area contributed by atoms with Crippen molar-refractivity contribution in [3.05, 3.63) is 0 Å². The molecular formula is C8H11NOS. The van der Waals surface area contributed by atoms with Crippen LogP contribution in [-0.4, -0.2) is 22.2 Å². The van der Waals surface area contributed by atoms with Crippen molar-refractivity contribution in [1.29, 1.82) is 5.26 Å². The molecule has 3 heteroatoms. The van der Waals surface area contributed by atoms with Crippen LogP contribution >= 0.6 is 10.5 Å². The average Bonchev–Trinajstić information content (AvgIpc) is 2.40. The van der Waals surface area contributed by atoms with E-state index < -0.39 is 0 Å². The normalized spacial score (nSPS) is 17.8. The topological polar surface area (TPSA) is 40.9 Å². The van der Waals surface area contributed by atoms with Crippen LogP contribution in [0.4, 0.5) is 0 Å². The summed E-state index contributed by atoms with van der Waals surface area (Å²) in [5, 5.41) is 8.66. The molecule has 1 fully saturated rings. The van der Waals surface area contributed by atoms with Crippen LogP contribution in [-0.2, 0) is 4.79 Å². The Kier molecular flexibility index (Phi) is 2.84. The first-order valence-corrected chi connectivity index (χ1v) is 5.27. The van der Waals surface area contributed by atoms with E-state index in [0.29, 0.717) is 4.86 Å². The molecule has 0 aromatic heterocycles. The second kappa shape index (κ2) is 3.68. The maximum atomic E-state index is 10.9. The molecule has 1 heterocycles. The van der Waals surface area contributed by atoms with E-state index in [4.69, 9.17) is 5.26 Å². The molecule has 0 spiro atoms. The van der Waals surface area contributed by atoms with Gasteiger partial charge < -0.3 is 0 Å². The number of carbonyl (C=O) groups is 1. The molecular weight excluding hydrogens is 158 g/mol. The molecule has 2 nitrogen and oxygen atoms in total. The number of hydrogen-bond donors (Lipinski definition) is 0. The van der Waals surface area contributed by atoms with Crippen molar-refractivity contribution in [2.75, 3.05) is 11.5 Å². The first-order valence-electron chi connectivity index (χ1n) is 3.71. The van der Waals surface area contributed by atoms with Crippen molar-refractivity contribution >= 4 is 21.1 Å². The van der Waals surface area contributed by atoms with Crippen molar-refractivity contribution in [2.24, 2.45) is 0 Å². The predicted octanol–water partition coefficient (Wildman–Crippen LogP) is 1.33. The molecule has 1 aliphatic heterocycles. The molecule has 0 N–H and O–H groups in total. The molecule has 0 atom stereocenters. The van der Waals surface area contributed by atoms with E-state index in [2.05, 4.69) is 0 Å². The van der Waals surface area contributed by atoms with Gasteiger partial charge in [-0.25, -0.2) is 0 Å². The first kappa shape index (κ1) is 8.48. The summed E-state index contributed by atoms with van der Waals surface area (Å²) in [6.07, 6.45) is 2.36. The van der Waals surface area contributed by atoms with Crippen LogP contribution in [0, 0.1) is 11.3 Å². The van der Waals surface area contributed by atoms with Gasteiger partial charge in [0.2, 0.25) is 0 Å². The molecule has 0 aromatic rings. The van der Waals surface area contributed by atoms with E-state index in [1.54, 1.807) is 0 Å². The quantitative estimate of drug-likeness (QED) is 0.556. The molecule has 0 bridgehead atoms. The average molecular weight is 169 g/mol. The Hall–Kier alpha value is -0.620. The van der Waals surface area contributed by atoms with Gasteiger partial charge in [-0.3, -0.25) is 4.79 Å². The molecule has 0 aromatic carbocycles. The third-order valence-electron chi connectivity index (χ3n) is 1.74. The molecule has 1 aliphatic rings. The second-order valence-corrected chi connectivity index (χ2v) is 4.82. The number of nitriles is 1. The molecule has 0 unspecified atom stereocenters. The Bertz CT molecular complexity index is 241. The van der Waals surface area contributed by atoms with Crippen molar-refractivity contribution in [3.8, 4) is 6.07 Å². The van der Waals surface area contributed by atoms with Gasteiger partial charge in [-0.15, -0.1) is 0 Å². The van der Waals surface area contributed by atoms with Crippen molar-refractivity contribution in [1.82, 2.24) is 0 Å². The number of rotatable bonds is 1. The third kappa shape index (κ3) is 1.90. The number of nitrogens with zero attached hydrogens (tertiary/aromatic N) is 1. The van der Waals surface area contributed by atoms with E-state index in [1.807, 2.05) is 6.07 Å². The molecule has 11 heavy (non-hydrogen) atoms. The smallest absolute Gasteiger partial charge is 0.175 e. The summed E-state index contributed by atoms with van der Waals surface area (Å²) in [7, 11) is 0.0108. The maximum Gasteiger partial charge on any atom is 0.175 e. The van der Waals surface area contributed by atoms with E-state index >= 15 is 0 Å². The lowest BCUT2D eigenvalue weighted by Gasteiger charge is -1.98. The van der Waals surface area contributed by atoms with Crippen LogP contribution in [0.5, 0.6) is 0 Å². The van der Waals surface area contributed by atoms with Crippen LogP contribution in [0.1, 0.15) is 19.8 Å². The van der Waals surface area contributed by atoms with Crippen LogP contribution in [0.3, 0.4) is 0 Å². The summed E-state index contributed by atoms with van der Waals surface area (Å²) in [6.45, 7) is 1.49. The van der Waals surface area contributed by atoms with Crippen molar-refractivity contribution < 1.29 is 4.79 Å². The van der Waals surface area contributed by atoms with Gasteiger partial charge in [0.1, 0.15) is 10.9 Å². The molecule has 1 rings (SSSR count). The lowest BCUT2D eigenvalue weighted by molar-refractivity contribution is -0.110. The number of hydrogen-bond acceptors (Lipinski definition) is 2. The van der Waals surface area contributed by atoms with E-state index in [-0.39, 0.29) is 16.3 Å². The summed E-state index contributed by atoms with van der Waals surface area (Å²) in [5.41, 5.74) is 0. The molecule has 0 saturated carbocycles. The van der Waals surface area contributed by atoms with Gasteiger partial charge in [0.25, 0.3) is 0 Å². The minimum absolute atomic E-state index is 0.0108. The van der Waals surface area contributed by atoms with Gasteiger partial charge in [0.05, 0.1) is 0 Å². The number of Topliss-reactive ketones (excluding diaryl/α,β-unsaturated/α-hetero) is 1. The molecule has 1 saturated heterocycles. The van der Waals surface area contributed by atoms with Gasteiger partial charge in [0, 0.05) is 6.92 Å². The Labute approximate surface area is 69.1 Å². The molecule has 0 radical (unpaired) electrons. The van der Waals surface area contributed by atoms with Gasteiger partial charge in [0.15, 0.2) is 5.78 Å². The zero-order chi connectivity index (χ0) is 8.27. The van der Waals surface area contributed by atoms with Crippen LogP contribution < -0.4 is 0 Å². The summed E-state index contributed by atoms with van der Waals surface area (Å²) < 4.78 is 0. The van der Waals surface area contributed by atoms with E-state index in [1.165, 1.54) is 19.8 Å².